The maximum absolute atomic E-state index is 12.5. The molecule has 0 fully saturated rings. The third kappa shape index (κ3) is 5.85. The lowest BCUT2D eigenvalue weighted by atomic mass is 10.1. The van der Waals surface area contributed by atoms with Crippen LogP contribution in [-0.4, -0.2) is 31.3 Å². The lowest BCUT2D eigenvalue weighted by Gasteiger charge is -2.27. The van der Waals surface area contributed by atoms with Crippen LogP contribution in [0.2, 0.25) is 5.02 Å². The Morgan fingerprint density at radius 1 is 1.04 bits per heavy atom. The average Bonchev–Trinajstić information content (AvgIpc) is 2.62. The first-order chi connectivity index (χ1) is 12.3. The van der Waals surface area contributed by atoms with Gasteiger partial charge in [0.25, 0.3) is 5.91 Å². The van der Waals surface area contributed by atoms with E-state index in [0.29, 0.717) is 23.1 Å². The molecule has 26 heavy (non-hydrogen) atoms. The lowest BCUT2D eigenvalue weighted by molar-refractivity contribution is -0.135. The van der Waals surface area contributed by atoms with E-state index in [9.17, 15) is 4.79 Å². The van der Waals surface area contributed by atoms with Gasteiger partial charge in [-0.05, 0) is 69.3 Å². The molecule has 0 heterocycles. The summed E-state index contributed by atoms with van der Waals surface area (Å²) in [6.07, 6.45) is 0. The van der Waals surface area contributed by atoms with Crippen LogP contribution >= 0.6 is 11.6 Å². The summed E-state index contributed by atoms with van der Waals surface area (Å²) in [5, 5.41) is 3.52. The molecule has 1 atom stereocenters. The van der Waals surface area contributed by atoms with Crippen molar-refractivity contribution in [2.24, 2.45) is 0 Å². The van der Waals surface area contributed by atoms with Gasteiger partial charge in [0, 0.05) is 5.02 Å². The fraction of sp³-hybridized carbons (Fsp3) is 0.350. The molecular formula is C20H24ClNO4. The van der Waals surface area contributed by atoms with E-state index < -0.39 is 5.60 Å². The van der Waals surface area contributed by atoms with Gasteiger partial charge in [-0.3, -0.25) is 4.79 Å². The molecule has 0 spiro atoms. The number of nitrogens with one attached hydrogen (secondary N) is 1. The Kier molecular flexibility index (Phi) is 6.75. The molecular weight excluding hydrogens is 354 g/mol. The van der Waals surface area contributed by atoms with Crippen LogP contribution in [0.3, 0.4) is 0 Å². The van der Waals surface area contributed by atoms with Crippen molar-refractivity contribution in [3.8, 4) is 17.2 Å². The maximum atomic E-state index is 12.5. The molecule has 0 radical (unpaired) electrons. The van der Waals surface area contributed by atoms with E-state index in [1.807, 2.05) is 31.2 Å². The van der Waals surface area contributed by atoms with Crippen molar-refractivity contribution in [2.75, 3.05) is 13.7 Å². The molecule has 2 aromatic rings. The van der Waals surface area contributed by atoms with E-state index in [1.165, 1.54) is 0 Å². The third-order valence-corrected chi connectivity index (χ3v) is 3.92. The highest BCUT2D eigenvalue weighted by molar-refractivity contribution is 6.30. The molecule has 2 aromatic carbocycles. The van der Waals surface area contributed by atoms with Crippen LogP contribution in [0.1, 0.15) is 20.8 Å². The Balaban J connectivity index is 1.85. The van der Waals surface area contributed by atoms with Crippen LogP contribution in [-0.2, 0) is 4.79 Å². The minimum Gasteiger partial charge on any atom is -0.497 e. The Morgan fingerprint density at radius 3 is 2.15 bits per heavy atom. The van der Waals surface area contributed by atoms with E-state index in [4.69, 9.17) is 25.8 Å². The first-order valence-electron chi connectivity index (χ1n) is 8.32. The van der Waals surface area contributed by atoms with Gasteiger partial charge in [0.15, 0.2) is 5.60 Å². The number of ether oxygens (including phenoxy) is 3. The highest BCUT2D eigenvalue weighted by Gasteiger charge is 2.31. The number of carbonyl (C=O) groups is 1. The first kappa shape index (κ1) is 19.9. The van der Waals surface area contributed by atoms with Crippen molar-refractivity contribution >= 4 is 17.5 Å². The zero-order chi connectivity index (χ0) is 19.2. The van der Waals surface area contributed by atoms with Gasteiger partial charge in [0.1, 0.15) is 23.9 Å². The van der Waals surface area contributed by atoms with E-state index >= 15 is 0 Å². The van der Waals surface area contributed by atoms with Gasteiger partial charge in [-0.1, -0.05) is 11.6 Å². The number of methoxy groups -OCH3 is 1. The second-order valence-corrected chi connectivity index (χ2v) is 6.86. The molecule has 1 N–H and O–H groups in total. The van der Waals surface area contributed by atoms with E-state index in [2.05, 4.69) is 5.32 Å². The molecule has 0 aliphatic rings. The van der Waals surface area contributed by atoms with Gasteiger partial charge in [-0.15, -0.1) is 0 Å². The molecule has 0 saturated heterocycles. The zero-order valence-electron chi connectivity index (χ0n) is 15.4. The molecule has 1 amide bonds. The Labute approximate surface area is 159 Å². The second-order valence-electron chi connectivity index (χ2n) is 6.43. The van der Waals surface area contributed by atoms with Crippen molar-refractivity contribution in [2.45, 2.75) is 32.4 Å². The molecule has 6 heteroatoms. The number of hydrogen-bond donors (Lipinski definition) is 1. The molecule has 0 saturated carbocycles. The monoisotopic (exact) mass is 377 g/mol. The minimum absolute atomic E-state index is 0.183. The van der Waals surface area contributed by atoms with Crippen molar-refractivity contribution in [1.82, 2.24) is 5.32 Å². The fourth-order valence-corrected chi connectivity index (χ4v) is 2.30. The molecule has 140 valence electrons. The number of hydrogen-bond acceptors (Lipinski definition) is 4. The predicted octanol–water partition coefficient (Wildman–Crippen LogP) is 4.09. The number of carbonyl (C=O) groups excluding carboxylic acids is 1. The molecule has 2 rings (SSSR count). The highest BCUT2D eigenvalue weighted by Crippen LogP contribution is 2.21. The summed E-state index contributed by atoms with van der Waals surface area (Å²) in [6.45, 7) is 5.65. The predicted molar refractivity (Wildman–Crippen MR) is 102 cm³/mol. The van der Waals surface area contributed by atoms with Gasteiger partial charge in [-0.25, -0.2) is 0 Å². The summed E-state index contributed by atoms with van der Waals surface area (Å²) in [6, 6.07) is 14.0. The van der Waals surface area contributed by atoms with Gasteiger partial charge in [0.05, 0.1) is 13.2 Å². The summed E-state index contributed by atoms with van der Waals surface area (Å²) in [4.78, 5) is 12.5. The van der Waals surface area contributed by atoms with Crippen molar-refractivity contribution < 1.29 is 19.0 Å². The van der Waals surface area contributed by atoms with Crippen LogP contribution < -0.4 is 19.5 Å². The number of halogens is 1. The number of amides is 1. The summed E-state index contributed by atoms with van der Waals surface area (Å²) < 4.78 is 16.6. The van der Waals surface area contributed by atoms with E-state index in [-0.39, 0.29) is 11.9 Å². The zero-order valence-corrected chi connectivity index (χ0v) is 16.2. The summed E-state index contributed by atoms with van der Waals surface area (Å²) >= 11 is 5.86. The largest absolute Gasteiger partial charge is 0.497 e. The van der Waals surface area contributed by atoms with Crippen LogP contribution in [0, 0.1) is 0 Å². The maximum Gasteiger partial charge on any atom is 0.263 e. The van der Waals surface area contributed by atoms with Gasteiger partial charge < -0.3 is 19.5 Å². The molecule has 0 aliphatic carbocycles. The molecule has 1 unspecified atom stereocenters. The summed E-state index contributed by atoms with van der Waals surface area (Å²) in [5.74, 6) is 1.83. The molecule has 0 bridgehead atoms. The van der Waals surface area contributed by atoms with Crippen molar-refractivity contribution in [1.29, 1.82) is 0 Å². The quantitative estimate of drug-likeness (QED) is 0.752. The summed E-state index contributed by atoms with van der Waals surface area (Å²) in [5.41, 5.74) is -1.03. The minimum atomic E-state index is -1.03. The van der Waals surface area contributed by atoms with Crippen LogP contribution in [0.25, 0.3) is 0 Å². The highest BCUT2D eigenvalue weighted by atomic mass is 35.5. The third-order valence-electron chi connectivity index (χ3n) is 3.67. The molecule has 0 aliphatic heterocycles. The van der Waals surface area contributed by atoms with E-state index in [0.717, 1.165) is 5.75 Å². The first-order valence-corrected chi connectivity index (χ1v) is 8.70. The lowest BCUT2D eigenvalue weighted by Crippen LogP contribution is -2.50. The number of benzene rings is 2. The smallest absolute Gasteiger partial charge is 0.263 e. The SMILES string of the molecule is COc1ccc(OCC(C)NC(=O)C(C)(C)Oc2ccc(Cl)cc2)cc1. The average molecular weight is 378 g/mol. The summed E-state index contributed by atoms with van der Waals surface area (Å²) in [7, 11) is 1.61. The fourth-order valence-electron chi connectivity index (χ4n) is 2.18. The van der Waals surface area contributed by atoms with Crippen LogP contribution in [0.15, 0.2) is 48.5 Å². The second kappa shape index (κ2) is 8.81. The van der Waals surface area contributed by atoms with Crippen LogP contribution in [0.4, 0.5) is 0 Å². The topological polar surface area (TPSA) is 56.8 Å². The Hall–Kier alpha value is -2.40. The standard InChI is InChI=1S/C20H24ClNO4/c1-14(13-25-17-11-9-16(24-4)10-12-17)22-19(23)20(2,3)26-18-7-5-15(21)6-8-18/h5-12,14H,13H2,1-4H3,(H,22,23). The van der Waals surface area contributed by atoms with Gasteiger partial charge >= 0.3 is 0 Å². The Bertz CT molecular complexity index is 714. The number of rotatable bonds is 8. The van der Waals surface area contributed by atoms with Gasteiger partial charge in [0.2, 0.25) is 0 Å². The Morgan fingerprint density at radius 2 is 1.58 bits per heavy atom. The normalized spacial score (nSPS) is 12.2. The molecule has 5 nitrogen and oxygen atoms in total. The molecule has 0 aromatic heterocycles. The van der Waals surface area contributed by atoms with E-state index in [1.54, 1.807) is 45.2 Å². The van der Waals surface area contributed by atoms with Crippen molar-refractivity contribution in [3.05, 3.63) is 53.6 Å². The van der Waals surface area contributed by atoms with Crippen LogP contribution in [0.5, 0.6) is 17.2 Å². The van der Waals surface area contributed by atoms with Gasteiger partial charge in [-0.2, -0.15) is 0 Å². The van der Waals surface area contributed by atoms with Crippen molar-refractivity contribution in [3.63, 3.8) is 0 Å².